The van der Waals surface area contributed by atoms with Crippen molar-refractivity contribution in [2.45, 2.75) is 20.3 Å². The van der Waals surface area contributed by atoms with Crippen LogP contribution in [0.3, 0.4) is 0 Å². The highest BCUT2D eigenvalue weighted by atomic mass is 16.5. The predicted octanol–water partition coefficient (Wildman–Crippen LogP) is 6.41. The summed E-state index contributed by atoms with van der Waals surface area (Å²) in [4.78, 5) is 24.9. The number of aryl methyl sites for hydroxylation is 1. The van der Waals surface area contributed by atoms with Crippen LogP contribution in [-0.2, 0) is 11.8 Å². The lowest BCUT2D eigenvalue weighted by atomic mass is 10.1. The van der Waals surface area contributed by atoms with Crippen LogP contribution >= 0.6 is 0 Å². The van der Waals surface area contributed by atoms with Crippen molar-refractivity contribution >= 4 is 28.7 Å². The minimum atomic E-state index is -0.323. The molecule has 1 aromatic heterocycles. The van der Waals surface area contributed by atoms with E-state index < -0.39 is 0 Å². The molecule has 0 N–H and O–H groups in total. The molecule has 0 spiro atoms. The first kappa shape index (κ1) is 25.8. The third-order valence-corrected chi connectivity index (χ3v) is 6.13. The van der Waals surface area contributed by atoms with E-state index in [1.807, 2.05) is 67.1 Å². The van der Waals surface area contributed by atoms with Crippen molar-refractivity contribution in [1.29, 1.82) is 0 Å². The Labute approximate surface area is 217 Å². The molecule has 0 amide bonds. The molecule has 1 heterocycles. The molecule has 0 saturated heterocycles. The molecule has 0 atom stereocenters. The van der Waals surface area contributed by atoms with Gasteiger partial charge in [0, 0.05) is 35.6 Å². The Kier molecular flexibility index (Phi) is 8.41. The molecule has 4 aromatic rings. The number of hydrogen-bond donors (Lipinski definition) is 0. The van der Waals surface area contributed by atoms with E-state index >= 15 is 0 Å². The van der Waals surface area contributed by atoms with Crippen molar-refractivity contribution in [1.82, 2.24) is 4.57 Å². The summed E-state index contributed by atoms with van der Waals surface area (Å²) in [6.45, 7) is 4.98. The van der Waals surface area contributed by atoms with Crippen LogP contribution in [0.15, 0.2) is 78.9 Å². The van der Waals surface area contributed by atoms with Gasteiger partial charge in [-0.3, -0.25) is 4.79 Å². The number of carbonyl (C=O) groups excluding carboxylic acids is 2. The fourth-order valence-corrected chi connectivity index (χ4v) is 4.09. The van der Waals surface area contributed by atoms with Crippen molar-refractivity contribution in [2.75, 3.05) is 19.8 Å². The van der Waals surface area contributed by atoms with E-state index in [2.05, 4.69) is 0 Å². The molecule has 4 rings (SSSR count). The Morgan fingerprint density at radius 3 is 2.27 bits per heavy atom. The first-order valence-electron chi connectivity index (χ1n) is 12.4. The lowest BCUT2D eigenvalue weighted by molar-refractivity contribution is 0.0527. The molecule has 190 valence electrons. The molecule has 0 bridgehead atoms. The van der Waals surface area contributed by atoms with E-state index in [9.17, 15) is 9.59 Å². The van der Waals surface area contributed by atoms with Gasteiger partial charge in [-0.15, -0.1) is 0 Å². The fourth-order valence-electron chi connectivity index (χ4n) is 4.09. The number of fused-ring (bicyclic) bond motifs is 1. The van der Waals surface area contributed by atoms with Crippen LogP contribution in [-0.4, -0.2) is 36.1 Å². The summed E-state index contributed by atoms with van der Waals surface area (Å²) in [6, 6.07) is 22.6. The average Bonchev–Trinajstić information content (AvgIpc) is 3.17. The van der Waals surface area contributed by atoms with Gasteiger partial charge >= 0.3 is 5.97 Å². The lowest BCUT2D eigenvalue weighted by Crippen LogP contribution is -2.06. The zero-order valence-electron chi connectivity index (χ0n) is 21.4. The van der Waals surface area contributed by atoms with Crippen LogP contribution in [0.4, 0.5) is 0 Å². The van der Waals surface area contributed by atoms with Crippen LogP contribution in [0.25, 0.3) is 17.0 Å². The van der Waals surface area contributed by atoms with Crippen LogP contribution in [0.5, 0.6) is 11.5 Å². The van der Waals surface area contributed by atoms with Crippen LogP contribution < -0.4 is 9.47 Å². The number of ether oxygens (including phenoxy) is 3. The highest BCUT2D eigenvalue weighted by Gasteiger charge is 2.20. The summed E-state index contributed by atoms with van der Waals surface area (Å²) in [5.74, 6) is 1.01. The molecule has 6 nitrogen and oxygen atoms in total. The third kappa shape index (κ3) is 6.28. The molecule has 0 aliphatic rings. The highest BCUT2D eigenvalue weighted by molar-refractivity contribution is 6.07. The second-order valence-corrected chi connectivity index (χ2v) is 8.60. The molecule has 6 heteroatoms. The number of ketones is 1. The summed E-state index contributed by atoms with van der Waals surface area (Å²) < 4.78 is 18.9. The van der Waals surface area contributed by atoms with Crippen LogP contribution in [0.1, 0.15) is 45.3 Å². The van der Waals surface area contributed by atoms with E-state index in [4.69, 9.17) is 14.2 Å². The number of esters is 1. The van der Waals surface area contributed by atoms with E-state index in [1.165, 1.54) is 0 Å². The monoisotopic (exact) mass is 497 g/mol. The molecule has 0 radical (unpaired) electrons. The van der Waals surface area contributed by atoms with Gasteiger partial charge < -0.3 is 18.8 Å². The Morgan fingerprint density at radius 2 is 1.57 bits per heavy atom. The minimum absolute atomic E-state index is 0.0551. The largest absolute Gasteiger partial charge is 0.493 e. The van der Waals surface area contributed by atoms with E-state index in [0.717, 1.165) is 22.2 Å². The molecule has 0 fully saturated rings. The van der Waals surface area contributed by atoms with Gasteiger partial charge in [0.05, 0.1) is 25.4 Å². The van der Waals surface area contributed by atoms with Gasteiger partial charge in [0.15, 0.2) is 5.78 Å². The summed E-state index contributed by atoms with van der Waals surface area (Å²) in [6.07, 6.45) is 4.06. The zero-order chi connectivity index (χ0) is 26.2. The third-order valence-electron chi connectivity index (χ3n) is 6.13. The minimum Gasteiger partial charge on any atom is -0.493 e. The van der Waals surface area contributed by atoms with Gasteiger partial charge in [0.1, 0.15) is 11.5 Å². The predicted molar refractivity (Wildman–Crippen MR) is 145 cm³/mol. The number of hydrogen-bond acceptors (Lipinski definition) is 5. The Bertz CT molecular complexity index is 1400. The molecular formula is C31H31NO5. The first-order valence-corrected chi connectivity index (χ1v) is 12.4. The summed E-state index contributed by atoms with van der Waals surface area (Å²) >= 11 is 0. The normalized spacial score (nSPS) is 11.1. The SMILES string of the molecule is CCOC(=O)c1c(C)n(C)c2ccc(OCCCOc3ccc(C(=O)C=Cc4ccccc4)cc3)cc12. The standard InChI is InChI=1S/C31H31NO5/c1-4-35-31(34)30-22(2)32(3)28-17-16-26(21-27(28)30)37-20-8-19-36-25-14-12-24(13-15-25)29(33)18-11-23-9-6-5-7-10-23/h5-7,9-18,21H,4,8,19-20H2,1-3H3. The highest BCUT2D eigenvalue weighted by Crippen LogP contribution is 2.29. The summed E-state index contributed by atoms with van der Waals surface area (Å²) in [5.41, 5.74) is 3.98. The Morgan fingerprint density at radius 1 is 0.892 bits per heavy atom. The molecule has 0 unspecified atom stereocenters. The maximum atomic E-state index is 12.5. The average molecular weight is 498 g/mol. The zero-order valence-corrected chi connectivity index (χ0v) is 21.4. The molecule has 3 aromatic carbocycles. The van der Waals surface area contributed by atoms with Crippen molar-refractivity contribution in [3.05, 3.63) is 101 Å². The number of allylic oxidation sites excluding steroid dienone is 1. The molecule has 0 aliphatic carbocycles. The van der Waals surface area contributed by atoms with E-state index in [0.29, 0.717) is 48.9 Å². The number of aromatic nitrogens is 1. The number of benzene rings is 3. The maximum Gasteiger partial charge on any atom is 0.340 e. The second kappa shape index (κ2) is 12.1. The van der Waals surface area contributed by atoms with Gasteiger partial charge in [-0.2, -0.15) is 0 Å². The van der Waals surface area contributed by atoms with Gasteiger partial charge in [-0.25, -0.2) is 4.79 Å². The van der Waals surface area contributed by atoms with Gasteiger partial charge in [0.2, 0.25) is 0 Å². The quantitative estimate of drug-likeness (QED) is 0.104. The van der Waals surface area contributed by atoms with Crippen molar-refractivity contribution in [3.8, 4) is 11.5 Å². The van der Waals surface area contributed by atoms with Crippen LogP contribution in [0.2, 0.25) is 0 Å². The number of carbonyl (C=O) groups is 2. The van der Waals surface area contributed by atoms with E-state index in [-0.39, 0.29) is 11.8 Å². The Balaban J connectivity index is 1.27. The fraction of sp³-hybridized carbons (Fsp3) is 0.226. The number of nitrogens with zero attached hydrogens (tertiary/aromatic N) is 1. The van der Waals surface area contributed by atoms with Crippen molar-refractivity contribution in [3.63, 3.8) is 0 Å². The summed E-state index contributed by atoms with van der Waals surface area (Å²) in [7, 11) is 1.93. The van der Waals surface area contributed by atoms with Crippen molar-refractivity contribution in [2.24, 2.45) is 7.05 Å². The van der Waals surface area contributed by atoms with Gasteiger partial charge in [-0.1, -0.05) is 36.4 Å². The second-order valence-electron chi connectivity index (χ2n) is 8.60. The summed E-state index contributed by atoms with van der Waals surface area (Å²) in [5, 5.41) is 0.820. The smallest absolute Gasteiger partial charge is 0.340 e. The lowest BCUT2D eigenvalue weighted by Gasteiger charge is -2.09. The molecule has 0 aliphatic heterocycles. The molecule has 37 heavy (non-hydrogen) atoms. The molecular weight excluding hydrogens is 466 g/mol. The topological polar surface area (TPSA) is 66.8 Å². The van der Waals surface area contributed by atoms with Gasteiger partial charge in [-0.05, 0) is 68.0 Å². The maximum absolute atomic E-state index is 12.5. The molecule has 0 saturated carbocycles. The Hall–Kier alpha value is -4.32. The van der Waals surface area contributed by atoms with Gasteiger partial charge in [0.25, 0.3) is 0 Å². The van der Waals surface area contributed by atoms with Crippen LogP contribution in [0, 0.1) is 6.92 Å². The van der Waals surface area contributed by atoms with Crippen molar-refractivity contribution < 1.29 is 23.8 Å². The number of rotatable bonds is 11. The first-order chi connectivity index (χ1) is 18.0. The van der Waals surface area contributed by atoms with E-state index in [1.54, 1.807) is 43.3 Å².